The van der Waals surface area contributed by atoms with Gasteiger partial charge in [0.1, 0.15) is 4.90 Å². The van der Waals surface area contributed by atoms with Crippen LogP contribution in [0.25, 0.3) is 0 Å². The first-order chi connectivity index (χ1) is 8.36. The van der Waals surface area contributed by atoms with Crippen molar-refractivity contribution in [3.8, 4) is 0 Å². The number of anilines is 1. The lowest BCUT2D eigenvalue weighted by atomic mass is 10.2. The van der Waals surface area contributed by atoms with E-state index in [1.165, 1.54) is 12.1 Å². The van der Waals surface area contributed by atoms with Crippen LogP contribution in [0.15, 0.2) is 27.6 Å². The van der Waals surface area contributed by atoms with E-state index in [1.54, 1.807) is 6.07 Å². The van der Waals surface area contributed by atoms with Gasteiger partial charge >= 0.3 is 0 Å². The van der Waals surface area contributed by atoms with Gasteiger partial charge in [0.25, 0.3) is 0 Å². The topological polar surface area (TPSA) is 92.4 Å². The number of hydrogen-bond acceptors (Lipinski definition) is 4. The Morgan fingerprint density at radius 3 is 2.78 bits per heavy atom. The third-order valence-corrected chi connectivity index (χ3v) is 4.37. The number of hydrogen-bond donors (Lipinski definition) is 3. The molecule has 1 aromatic carbocycles. The molecule has 1 unspecified atom stereocenters. The molecule has 1 rings (SSSR count). The fraction of sp³-hybridized carbons (Fsp3) is 0.455. The van der Waals surface area contributed by atoms with Crippen LogP contribution < -0.4 is 10.5 Å². The Kier molecular flexibility index (Phi) is 5.58. The number of nitrogen functional groups attached to an aromatic ring is 1. The smallest absolute Gasteiger partial charge is 0.242 e. The van der Waals surface area contributed by atoms with Crippen LogP contribution in [0, 0.1) is 0 Å². The summed E-state index contributed by atoms with van der Waals surface area (Å²) in [5.74, 6) is 0. The van der Waals surface area contributed by atoms with Gasteiger partial charge in [0, 0.05) is 11.0 Å². The second-order valence-electron chi connectivity index (χ2n) is 3.98. The standard InChI is InChI=1S/C11H17BrN2O3S/c1-2-3-9(15)7-14-18(16,17)11-6-8(12)4-5-10(11)13/h4-6,9,14-15H,2-3,7,13H2,1H3. The van der Waals surface area contributed by atoms with Gasteiger partial charge in [-0.25, -0.2) is 13.1 Å². The summed E-state index contributed by atoms with van der Waals surface area (Å²) in [7, 11) is -3.69. The van der Waals surface area contributed by atoms with Gasteiger partial charge in [0.2, 0.25) is 10.0 Å². The summed E-state index contributed by atoms with van der Waals surface area (Å²) in [6, 6.07) is 4.62. The molecule has 0 saturated carbocycles. The Morgan fingerprint density at radius 1 is 1.50 bits per heavy atom. The lowest BCUT2D eigenvalue weighted by Crippen LogP contribution is -2.32. The molecule has 0 heterocycles. The highest BCUT2D eigenvalue weighted by atomic mass is 79.9. The summed E-state index contributed by atoms with van der Waals surface area (Å²) < 4.78 is 27.0. The van der Waals surface area contributed by atoms with E-state index in [-0.39, 0.29) is 17.1 Å². The molecule has 4 N–H and O–H groups in total. The molecule has 0 amide bonds. The van der Waals surface area contributed by atoms with Crippen molar-refractivity contribution in [2.45, 2.75) is 30.8 Å². The largest absolute Gasteiger partial charge is 0.398 e. The first-order valence-corrected chi connectivity index (χ1v) is 7.87. The average Bonchev–Trinajstić information content (AvgIpc) is 2.30. The highest BCUT2D eigenvalue weighted by molar-refractivity contribution is 9.10. The van der Waals surface area contributed by atoms with E-state index >= 15 is 0 Å². The molecular weight excluding hydrogens is 320 g/mol. The van der Waals surface area contributed by atoms with Crippen LogP contribution in [0.3, 0.4) is 0 Å². The second-order valence-corrected chi connectivity index (χ2v) is 6.63. The molecule has 0 aromatic heterocycles. The molecule has 0 aliphatic carbocycles. The molecule has 0 aliphatic rings. The van der Waals surface area contributed by atoms with Crippen LogP contribution >= 0.6 is 15.9 Å². The van der Waals surface area contributed by atoms with E-state index in [9.17, 15) is 13.5 Å². The van der Waals surface area contributed by atoms with Crippen molar-refractivity contribution in [3.63, 3.8) is 0 Å². The maximum Gasteiger partial charge on any atom is 0.242 e. The van der Waals surface area contributed by atoms with E-state index < -0.39 is 16.1 Å². The number of halogens is 1. The zero-order chi connectivity index (χ0) is 13.8. The van der Waals surface area contributed by atoms with E-state index in [0.717, 1.165) is 6.42 Å². The Morgan fingerprint density at radius 2 is 2.17 bits per heavy atom. The SMILES string of the molecule is CCCC(O)CNS(=O)(=O)c1cc(Br)ccc1N. The Hall–Kier alpha value is -0.630. The van der Waals surface area contributed by atoms with Gasteiger partial charge in [-0.05, 0) is 24.6 Å². The Labute approximate surface area is 116 Å². The highest BCUT2D eigenvalue weighted by Crippen LogP contribution is 2.22. The molecule has 0 spiro atoms. The van der Waals surface area contributed by atoms with Crippen molar-refractivity contribution in [1.82, 2.24) is 4.72 Å². The fourth-order valence-corrected chi connectivity index (χ4v) is 3.20. The molecular formula is C11H17BrN2O3S. The summed E-state index contributed by atoms with van der Waals surface area (Å²) >= 11 is 3.20. The maximum absolute atomic E-state index is 12.0. The fourth-order valence-electron chi connectivity index (χ4n) is 1.46. The zero-order valence-electron chi connectivity index (χ0n) is 10.1. The first kappa shape index (κ1) is 15.4. The molecule has 0 radical (unpaired) electrons. The Balaban J connectivity index is 2.83. The van der Waals surface area contributed by atoms with Crippen molar-refractivity contribution in [1.29, 1.82) is 0 Å². The van der Waals surface area contributed by atoms with Crippen LogP contribution in [0.2, 0.25) is 0 Å². The van der Waals surface area contributed by atoms with E-state index in [4.69, 9.17) is 5.73 Å². The molecule has 0 aliphatic heterocycles. The molecule has 18 heavy (non-hydrogen) atoms. The zero-order valence-corrected chi connectivity index (χ0v) is 12.5. The van der Waals surface area contributed by atoms with Crippen molar-refractivity contribution >= 4 is 31.6 Å². The molecule has 102 valence electrons. The first-order valence-electron chi connectivity index (χ1n) is 5.59. The van der Waals surface area contributed by atoms with Gasteiger partial charge in [-0.15, -0.1) is 0 Å². The number of rotatable bonds is 6. The normalized spacial score (nSPS) is 13.5. The third-order valence-electron chi connectivity index (χ3n) is 2.40. The summed E-state index contributed by atoms with van der Waals surface area (Å²) in [5, 5.41) is 9.52. The molecule has 5 nitrogen and oxygen atoms in total. The quantitative estimate of drug-likeness (QED) is 0.686. The average molecular weight is 337 g/mol. The molecule has 0 fully saturated rings. The molecule has 0 bridgehead atoms. The van der Waals surface area contributed by atoms with Crippen molar-refractivity contribution in [2.24, 2.45) is 0 Å². The van der Waals surface area contributed by atoms with E-state index in [0.29, 0.717) is 10.9 Å². The lowest BCUT2D eigenvalue weighted by Gasteiger charge is -2.12. The monoisotopic (exact) mass is 336 g/mol. The summed E-state index contributed by atoms with van der Waals surface area (Å²) in [6.45, 7) is 1.91. The highest BCUT2D eigenvalue weighted by Gasteiger charge is 2.18. The Bertz CT molecular complexity index is 505. The van der Waals surface area contributed by atoms with Crippen molar-refractivity contribution < 1.29 is 13.5 Å². The predicted octanol–water partition coefficient (Wildman–Crippen LogP) is 1.47. The number of aliphatic hydroxyl groups is 1. The van der Waals surface area contributed by atoms with Gasteiger partial charge in [0.15, 0.2) is 0 Å². The minimum atomic E-state index is -3.69. The van der Waals surface area contributed by atoms with E-state index in [1.807, 2.05) is 6.92 Å². The number of benzene rings is 1. The summed E-state index contributed by atoms with van der Waals surface area (Å²) in [4.78, 5) is 0.0144. The maximum atomic E-state index is 12.0. The van der Waals surface area contributed by atoms with Gasteiger partial charge < -0.3 is 10.8 Å². The van der Waals surface area contributed by atoms with Gasteiger partial charge in [-0.3, -0.25) is 0 Å². The van der Waals surface area contributed by atoms with Crippen molar-refractivity contribution in [3.05, 3.63) is 22.7 Å². The predicted molar refractivity (Wildman–Crippen MR) is 74.7 cm³/mol. The van der Waals surface area contributed by atoms with Crippen LogP contribution in [0.4, 0.5) is 5.69 Å². The molecule has 1 atom stereocenters. The number of sulfonamides is 1. The molecule has 0 saturated heterocycles. The number of aliphatic hydroxyl groups excluding tert-OH is 1. The van der Waals surface area contributed by atoms with E-state index in [2.05, 4.69) is 20.7 Å². The molecule has 7 heteroatoms. The van der Waals surface area contributed by atoms with Gasteiger partial charge in [-0.2, -0.15) is 0 Å². The van der Waals surface area contributed by atoms with Crippen LogP contribution in [-0.2, 0) is 10.0 Å². The lowest BCUT2D eigenvalue weighted by molar-refractivity contribution is 0.167. The van der Waals surface area contributed by atoms with Crippen LogP contribution in [0.1, 0.15) is 19.8 Å². The summed E-state index contributed by atoms with van der Waals surface area (Å²) in [6.07, 6.45) is 0.663. The minimum Gasteiger partial charge on any atom is -0.398 e. The summed E-state index contributed by atoms with van der Waals surface area (Å²) in [5.41, 5.74) is 5.81. The number of nitrogens with one attached hydrogen (secondary N) is 1. The van der Waals surface area contributed by atoms with Crippen LogP contribution in [0.5, 0.6) is 0 Å². The van der Waals surface area contributed by atoms with Gasteiger partial charge in [-0.1, -0.05) is 29.3 Å². The minimum absolute atomic E-state index is 0.0118. The third kappa shape index (κ3) is 4.24. The molecule has 1 aromatic rings. The van der Waals surface area contributed by atoms with Gasteiger partial charge in [0.05, 0.1) is 11.8 Å². The second kappa shape index (κ2) is 6.51. The van der Waals surface area contributed by atoms with Crippen LogP contribution in [-0.4, -0.2) is 26.2 Å². The van der Waals surface area contributed by atoms with Crippen molar-refractivity contribution in [2.75, 3.05) is 12.3 Å². The number of nitrogens with two attached hydrogens (primary N) is 1.